The number of methoxy groups -OCH3 is 6. The van der Waals surface area contributed by atoms with Crippen LogP contribution in [0.25, 0.3) is 0 Å². The van der Waals surface area contributed by atoms with E-state index in [1.165, 1.54) is 7.11 Å². The molecule has 9 nitrogen and oxygen atoms in total. The Bertz CT molecular complexity index is 1360. The quantitative estimate of drug-likeness (QED) is 0.398. The standard InChI is InChI=1S/C29H30O9/c1-31-21-11-16(12-22(32-2)27(21)34-4)24-17(9-15-7-8-19-20(10-15)38-14-37-19)26(30)18-13-23(33-3)28(35-5)29(36-6)25(18)24/h7-8,10-13,17,24H,9,14H2,1-6H3. The number of carbonyl (C=O) groups is 1. The van der Waals surface area contributed by atoms with Gasteiger partial charge in [0, 0.05) is 23.0 Å². The van der Waals surface area contributed by atoms with Crippen LogP contribution in [0.5, 0.6) is 46.0 Å². The molecule has 0 N–H and O–H groups in total. The Labute approximate surface area is 221 Å². The van der Waals surface area contributed by atoms with Crippen molar-refractivity contribution < 1.29 is 42.7 Å². The highest BCUT2D eigenvalue weighted by Crippen LogP contribution is 2.55. The van der Waals surface area contributed by atoms with Gasteiger partial charge >= 0.3 is 0 Å². The van der Waals surface area contributed by atoms with E-state index in [9.17, 15) is 4.79 Å². The van der Waals surface area contributed by atoms with E-state index in [1.54, 1.807) is 41.6 Å². The molecule has 0 saturated carbocycles. The summed E-state index contributed by atoms with van der Waals surface area (Å²) in [6.45, 7) is 0.178. The highest BCUT2D eigenvalue weighted by atomic mass is 16.7. The Morgan fingerprint density at radius 1 is 0.711 bits per heavy atom. The van der Waals surface area contributed by atoms with E-state index >= 15 is 0 Å². The SMILES string of the molecule is COc1cc(C2c3c(cc(OC)c(OC)c3OC)C(=O)C2Cc2ccc3c(c2)OCO3)cc(OC)c1OC. The van der Waals surface area contributed by atoms with Gasteiger partial charge in [0.1, 0.15) is 0 Å². The zero-order valence-corrected chi connectivity index (χ0v) is 22.2. The molecule has 0 spiro atoms. The molecule has 2 atom stereocenters. The summed E-state index contributed by atoms with van der Waals surface area (Å²) in [4.78, 5) is 14.1. The second kappa shape index (κ2) is 10.2. The molecule has 1 heterocycles. The average Bonchev–Trinajstić information content (AvgIpc) is 3.53. The fourth-order valence-corrected chi connectivity index (χ4v) is 5.46. The minimum atomic E-state index is -0.473. The maximum atomic E-state index is 14.1. The van der Waals surface area contributed by atoms with Crippen molar-refractivity contribution in [3.8, 4) is 46.0 Å². The molecule has 0 fully saturated rings. The van der Waals surface area contributed by atoms with Gasteiger partial charge in [-0.3, -0.25) is 4.79 Å². The molecule has 2 unspecified atom stereocenters. The average molecular weight is 523 g/mol. The van der Waals surface area contributed by atoms with Crippen molar-refractivity contribution in [3.05, 3.63) is 58.7 Å². The molecule has 2 aliphatic rings. The summed E-state index contributed by atoms with van der Waals surface area (Å²) in [7, 11) is 9.31. The van der Waals surface area contributed by atoms with Gasteiger partial charge in [0.05, 0.1) is 42.7 Å². The lowest BCUT2D eigenvalue weighted by Crippen LogP contribution is -2.18. The van der Waals surface area contributed by atoms with Crippen LogP contribution in [0.2, 0.25) is 0 Å². The topological polar surface area (TPSA) is 90.9 Å². The molecule has 0 amide bonds. The fraction of sp³-hybridized carbons (Fsp3) is 0.345. The number of Topliss-reactive ketones (excluding diaryl/α,β-unsaturated/α-hetero) is 1. The number of ketones is 1. The predicted octanol–water partition coefficient (Wildman–Crippen LogP) is 4.65. The minimum absolute atomic E-state index is 0.0318. The van der Waals surface area contributed by atoms with Gasteiger partial charge in [0.15, 0.2) is 40.3 Å². The molecule has 3 aromatic carbocycles. The first-order valence-electron chi connectivity index (χ1n) is 12.0. The smallest absolute Gasteiger partial charge is 0.231 e. The fourth-order valence-electron chi connectivity index (χ4n) is 5.46. The summed E-state index contributed by atoms with van der Waals surface area (Å²) in [5.41, 5.74) is 2.98. The lowest BCUT2D eigenvalue weighted by Gasteiger charge is -2.24. The Hall–Kier alpha value is -4.27. The second-order valence-electron chi connectivity index (χ2n) is 8.91. The van der Waals surface area contributed by atoms with Crippen molar-refractivity contribution in [1.29, 1.82) is 0 Å². The van der Waals surface area contributed by atoms with Crippen LogP contribution in [0.15, 0.2) is 36.4 Å². The van der Waals surface area contributed by atoms with Crippen LogP contribution in [0, 0.1) is 5.92 Å². The van der Waals surface area contributed by atoms with Gasteiger partial charge in [-0.2, -0.15) is 0 Å². The number of hydrogen-bond acceptors (Lipinski definition) is 9. The van der Waals surface area contributed by atoms with E-state index in [0.29, 0.717) is 58.0 Å². The van der Waals surface area contributed by atoms with Gasteiger partial charge in [-0.1, -0.05) is 6.07 Å². The number of rotatable bonds is 9. The van der Waals surface area contributed by atoms with E-state index in [2.05, 4.69) is 0 Å². The zero-order valence-electron chi connectivity index (χ0n) is 22.2. The van der Waals surface area contributed by atoms with E-state index < -0.39 is 11.8 Å². The maximum absolute atomic E-state index is 14.1. The van der Waals surface area contributed by atoms with Crippen LogP contribution in [0.4, 0.5) is 0 Å². The van der Waals surface area contributed by atoms with Crippen molar-refractivity contribution in [2.45, 2.75) is 12.3 Å². The summed E-state index contributed by atoms with van der Waals surface area (Å²) < 4.78 is 45.0. The van der Waals surface area contributed by atoms with Crippen LogP contribution in [-0.4, -0.2) is 55.2 Å². The Morgan fingerprint density at radius 3 is 1.92 bits per heavy atom. The first-order chi connectivity index (χ1) is 18.5. The lowest BCUT2D eigenvalue weighted by atomic mass is 9.81. The number of hydrogen-bond donors (Lipinski definition) is 0. The lowest BCUT2D eigenvalue weighted by molar-refractivity contribution is 0.0928. The molecule has 1 aliphatic heterocycles. The van der Waals surface area contributed by atoms with E-state index in [1.807, 2.05) is 30.3 Å². The van der Waals surface area contributed by atoms with Crippen LogP contribution in [-0.2, 0) is 6.42 Å². The van der Waals surface area contributed by atoms with Crippen molar-refractivity contribution in [2.75, 3.05) is 49.5 Å². The molecule has 0 radical (unpaired) electrons. The summed E-state index contributed by atoms with van der Waals surface area (Å²) >= 11 is 0. The molecule has 0 bridgehead atoms. The van der Waals surface area contributed by atoms with Crippen molar-refractivity contribution in [3.63, 3.8) is 0 Å². The van der Waals surface area contributed by atoms with Crippen LogP contribution >= 0.6 is 0 Å². The van der Waals surface area contributed by atoms with Gasteiger partial charge in [-0.05, 0) is 47.9 Å². The van der Waals surface area contributed by atoms with Crippen molar-refractivity contribution in [2.24, 2.45) is 5.92 Å². The molecule has 0 aromatic heterocycles. The molecular weight excluding hydrogens is 492 g/mol. The van der Waals surface area contributed by atoms with Gasteiger partial charge in [-0.25, -0.2) is 0 Å². The molecule has 1 aliphatic carbocycles. The molecule has 9 heteroatoms. The first-order valence-corrected chi connectivity index (χ1v) is 12.0. The third-order valence-electron chi connectivity index (χ3n) is 7.12. The summed E-state index contributed by atoms with van der Waals surface area (Å²) in [6.07, 6.45) is 0.444. The number of ether oxygens (including phenoxy) is 8. The molecule has 200 valence electrons. The predicted molar refractivity (Wildman–Crippen MR) is 138 cm³/mol. The highest BCUT2D eigenvalue weighted by molar-refractivity contribution is 6.06. The summed E-state index contributed by atoms with van der Waals surface area (Å²) in [6, 6.07) is 11.2. The van der Waals surface area contributed by atoms with Gasteiger partial charge in [0.2, 0.25) is 18.3 Å². The van der Waals surface area contributed by atoms with Gasteiger partial charge < -0.3 is 37.9 Å². The van der Waals surface area contributed by atoms with E-state index in [0.717, 1.165) is 16.7 Å². The van der Waals surface area contributed by atoms with Crippen LogP contribution in [0.1, 0.15) is 33.0 Å². The van der Waals surface area contributed by atoms with E-state index in [-0.39, 0.29) is 12.6 Å². The first kappa shape index (κ1) is 25.4. The Morgan fingerprint density at radius 2 is 1.32 bits per heavy atom. The number of fused-ring (bicyclic) bond motifs is 2. The van der Waals surface area contributed by atoms with Crippen LogP contribution in [0.3, 0.4) is 0 Å². The highest BCUT2D eigenvalue weighted by Gasteiger charge is 2.45. The second-order valence-corrected chi connectivity index (χ2v) is 8.91. The molecule has 0 saturated heterocycles. The largest absolute Gasteiger partial charge is 0.493 e. The summed E-state index contributed by atoms with van der Waals surface area (Å²) in [5, 5.41) is 0. The zero-order chi connectivity index (χ0) is 27.0. The normalized spacial score (nSPS) is 17.2. The molecule has 5 rings (SSSR count). The molecular formula is C29H30O9. The number of carbonyl (C=O) groups excluding carboxylic acids is 1. The molecule has 3 aromatic rings. The van der Waals surface area contributed by atoms with Crippen molar-refractivity contribution in [1.82, 2.24) is 0 Å². The van der Waals surface area contributed by atoms with E-state index in [4.69, 9.17) is 37.9 Å². The van der Waals surface area contributed by atoms with Crippen molar-refractivity contribution >= 4 is 5.78 Å². The van der Waals surface area contributed by atoms with Gasteiger partial charge in [0.25, 0.3) is 0 Å². The Kier molecular flexibility index (Phi) is 6.84. The molecule has 38 heavy (non-hydrogen) atoms. The number of benzene rings is 3. The maximum Gasteiger partial charge on any atom is 0.231 e. The van der Waals surface area contributed by atoms with Crippen LogP contribution < -0.4 is 37.9 Å². The third-order valence-corrected chi connectivity index (χ3v) is 7.12. The van der Waals surface area contributed by atoms with Gasteiger partial charge in [-0.15, -0.1) is 0 Å². The Balaban J connectivity index is 1.72. The minimum Gasteiger partial charge on any atom is -0.493 e. The summed E-state index contributed by atoms with van der Waals surface area (Å²) in [5.74, 6) is 3.17. The third kappa shape index (κ3) is 3.98. The monoisotopic (exact) mass is 522 g/mol.